The van der Waals surface area contributed by atoms with Gasteiger partial charge in [-0.3, -0.25) is 9.80 Å². The third kappa shape index (κ3) is 3.16. The van der Waals surface area contributed by atoms with Crippen LogP contribution in [0.25, 0.3) is 0 Å². The second-order valence-electron chi connectivity index (χ2n) is 4.82. The number of piperazine rings is 1. The predicted molar refractivity (Wildman–Crippen MR) is 66.1 cm³/mol. The molecule has 0 bridgehead atoms. The Morgan fingerprint density at radius 3 is 2.00 bits per heavy atom. The molecule has 15 heavy (non-hydrogen) atoms. The standard InChI is InChI=1S/C12H27N3/c1-4-12(3,5-2)15-10-8-14(7-6-13)9-11-15/h4-11,13H2,1-3H3. The molecule has 1 aliphatic heterocycles. The van der Waals surface area contributed by atoms with E-state index < -0.39 is 0 Å². The van der Waals surface area contributed by atoms with E-state index in [4.69, 9.17) is 5.73 Å². The van der Waals surface area contributed by atoms with Gasteiger partial charge < -0.3 is 5.73 Å². The van der Waals surface area contributed by atoms with Gasteiger partial charge in [-0.15, -0.1) is 0 Å². The lowest BCUT2D eigenvalue weighted by Crippen LogP contribution is -2.55. The van der Waals surface area contributed by atoms with Gasteiger partial charge in [0.25, 0.3) is 0 Å². The second kappa shape index (κ2) is 5.83. The second-order valence-corrected chi connectivity index (χ2v) is 4.82. The van der Waals surface area contributed by atoms with E-state index in [0.717, 1.165) is 13.1 Å². The highest BCUT2D eigenvalue weighted by atomic mass is 15.3. The molecule has 0 unspecified atom stereocenters. The molecule has 90 valence electrons. The van der Waals surface area contributed by atoms with Gasteiger partial charge >= 0.3 is 0 Å². The highest BCUT2D eigenvalue weighted by Gasteiger charge is 2.30. The molecule has 1 rings (SSSR count). The van der Waals surface area contributed by atoms with Crippen molar-refractivity contribution in [2.45, 2.75) is 39.2 Å². The van der Waals surface area contributed by atoms with Crippen LogP contribution in [0.4, 0.5) is 0 Å². The van der Waals surface area contributed by atoms with Crippen LogP contribution in [0.3, 0.4) is 0 Å². The van der Waals surface area contributed by atoms with Gasteiger partial charge in [-0.05, 0) is 19.8 Å². The summed E-state index contributed by atoms with van der Waals surface area (Å²) in [6.45, 7) is 13.6. The van der Waals surface area contributed by atoms with Crippen molar-refractivity contribution < 1.29 is 0 Å². The predicted octanol–water partition coefficient (Wildman–Crippen LogP) is 1.14. The zero-order valence-electron chi connectivity index (χ0n) is 10.6. The van der Waals surface area contributed by atoms with E-state index in [1.807, 2.05) is 0 Å². The first-order valence-corrected chi connectivity index (χ1v) is 6.33. The molecular weight excluding hydrogens is 186 g/mol. The van der Waals surface area contributed by atoms with Gasteiger partial charge in [-0.25, -0.2) is 0 Å². The molecule has 0 atom stereocenters. The monoisotopic (exact) mass is 213 g/mol. The van der Waals surface area contributed by atoms with Crippen LogP contribution in [0.15, 0.2) is 0 Å². The van der Waals surface area contributed by atoms with Gasteiger partial charge in [0.05, 0.1) is 0 Å². The molecule has 1 saturated heterocycles. The topological polar surface area (TPSA) is 32.5 Å². The Balaban J connectivity index is 2.42. The lowest BCUT2D eigenvalue weighted by atomic mass is 9.92. The average molecular weight is 213 g/mol. The summed E-state index contributed by atoms with van der Waals surface area (Å²) in [5.41, 5.74) is 5.99. The van der Waals surface area contributed by atoms with Gasteiger partial charge in [-0.2, -0.15) is 0 Å². The van der Waals surface area contributed by atoms with E-state index in [1.54, 1.807) is 0 Å². The first-order valence-electron chi connectivity index (χ1n) is 6.33. The largest absolute Gasteiger partial charge is 0.329 e. The fourth-order valence-corrected chi connectivity index (χ4v) is 2.39. The highest BCUT2D eigenvalue weighted by Crippen LogP contribution is 2.24. The van der Waals surface area contributed by atoms with Crippen molar-refractivity contribution in [1.82, 2.24) is 9.80 Å². The molecule has 0 spiro atoms. The van der Waals surface area contributed by atoms with Crippen LogP contribution in [-0.4, -0.2) is 54.6 Å². The zero-order valence-corrected chi connectivity index (χ0v) is 10.6. The van der Waals surface area contributed by atoms with Crippen molar-refractivity contribution in [3.05, 3.63) is 0 Å². The van der Waals surface area contributed by atoms with Gasteiger partial charge in [0.1, 0.15) is 0 Å². The first kappa shape index (κ1) is 12.9. The summed E-state index contributed by atoms with van der Waals surface area (Å²) in [7, 11) is 0. The van der Waals surface area contributed by atoms with Crippen molar-refractivity contribution >= 4 is 0 Å². The van der Waals surface area contributed by atoms with Gasteiger partial charge in [-0.1, -0.05) is 13.8 Å². The maximum absolute atomic E-state index is 5.58. The minimum Gasteiger partial charge on any atom is -0.329 e. The molecule has 0 aliphatic carbocycles. The average Bonchev–Trinajstić information content (AvgIpc) is 2.29. The molecule has 0 aromatic heterocycles. The molecule has 2 N–H and O–H groups in total. The lowest BCUT2D eigenvalue weighted by Gasteiger charge is -2.45. The summed E-state index contributed by atoms with van der Waals surface area (Å²) < 4.78 is 0. The maximum atomic E-state index is 5.58. The SMILES string of the molecule is CCC(C)(CC)N1CCN(CCN)CC1. The van der Waals surface area contributed by atoms with Crippen LogP contribution < -0.4 is 5.73 Å². The Morgan fingerprint density at radius 1 is 1.07 bits per heavy atom. The third-order valence-electron chi connectivity index (χ3n) is 4.10. The molecule has 1 fully saturated rings. The number of hydrogen-bond acceptors (Lipinski definition) is 3. The van der Waals surface area contributed by atoms with Crippen LogP contribution in [-0.2, 0) is 0 Å². The molecule has 0 aromatic carbocycles. The van der Waals surface area contributed by atoms with Crippen LogP contribution in [0.1, 0.15) is 33.6 Å². The molecule has 0 saturated carbocycles. The summed E-state index contributed by atoms with van der Waals surface area (Å²) in [5.74, 6) is 0. The molecule has 0 aromatic rings. The summed E-state index contributed by atoms with van der Waals surface area (Å²) in [6.07, 6.45) is 2.50. The molecule has 0 radical (unpaired) electrons. The van der Waals surface area contributed by atoms with Crippen molar-refractivity contribution in [3.63, 3.8) is 0 Å². The van der Waals surface area contributed by atoms with Crippen LogP contribution >= 0.6 is 0 Å². The van der Waals surface area contributed by atoms with Crippen molar-refractivity contribution in [3.8, 4) is 0 Å². The van der Waals surface area contributed by atoms with E-state index in [2.05, 4.69) is 30.6 Å². The minimum absolute atomic E-state index is 0.412. The Bertz CT molecular complexity index is 170. The van der Waals surface area contributed by atoms with E-state index in [1.165, 1.54) is 39.0 Å². The summed E-state index contributed by atoms with van der Waals surface area (Å²) in [5, 5.41) is 0. The van der Waals surface area contributed by atoms with E-state index in [9.17, 15) is 0 Å². The summed E-state index contributed by atoms with van der Waals surface area (Å²) in [4.78, 5) is 5.13. The van der Waals surface area contributed by atoms with E-state index in [-0.39, 0.29) is 0 Å². The minimum atomic E-state index is 0.412. The van der Waals surface area contributed by atoms with Crippen molar-refractivity contribution in [2.24, 2.45) is 5.73 Å². The Hall–Kier alpha value is -0.120. The van der Waals surface area contributed by atoms with E-state index >= 15 is 0 Å². The normalized spacial score (nSPS) is 20.8. The molecule has 1 heterocycles. The van der Waals surface area contributed by atoms with E-state index in [0.29, 0.717) is 5.54 Å². The third-order valence-corrected chi connectivity index (χ3v) is 4.10. The quantitative estimate of drug-likeness (QED) is 0.743. The number of hydrogen-bond donors (Lipinski definition) is 1. The van der Waals surface area contributed by atoms with Crippen molar-refractivity contribution in [1.29, 1.82) is 0 Å². The number of nitrogens with two attached hydrogens (primary N) is 1. The maximum Gasteiger partial charge on any atom is 0.0177 e. The number of rotatable bonds is 5. The van der Waals surface area contributed by atoms with Gasteiger partial charge in [0.15, 0.2) is 0 Å². The van der Waals surface area contributed by atoms with Gasteiger partial charge in [0, 0.05) is 44.8 Å². The fourth-order valence-electron chi connectivity index (χ4n) is 2.39. The smallest absolute Gasteiger partial charge is 0.0177 e. The lowest BCUT2D eigenvalue weighted by molar-refractivity contribution is 0.0379. The Kier molecular flexibility index (Phi) is 5.03. The Morgan fingerprint density at radius 2 is 1.60 bits per heavy atom. The molecular formula is C12H27N3. The summed E-state index contributed by atoms with van der Waals surface area (Å²) in [6, 6.07) is 0. The van der Waals surface area contributed by atoms with Crippen LogP contribution in [0, 0.1) is 0 Å². The molecule has 3 heteroatoms. The summed E-state index contributed by atoms with van der Waals surface area (Å²) >= 11 is 0. The molecule has 1 aliphatic rings. The Labute approximate surface area is 94.6 Å². The van der Waals surface area contributed by atoms with Crippen molar-refractivity contribution in [2.75, 3.05) is 39.3 Å². The first-order chi connectivity index (χ1) is 7.16. The van der Waals surface area contributed by atoms with Crippen LogP contribution in [0.2, 0.25) is 0 Å². The number of nitrogens with zero attached hydrogens (tertiary/aromatic N) is 2. The zero-order chi connectivity index (χ0) is 11.3. The van der Waals surface area contributed by atoms with Crippen LogP contribution in [0.5, 0.6) is 0 Å². The molecule has 0 amide bonds. The molecule has 3 nitrogen and oxygen atoms in total. The fraction of sp³-hybridized carbons (Fsp3) is 1.00. The highest BCUT2D eigenvalue weighted by molar-refractivity contribution is 4.87. The van der Waals surface area contributed by atoms with Gasteiger partial charge in [0.2, 0.25) is 0 Å².